The van der Waals surface area contributed by atoms with Crippen molar-refractivity contribution in [3.8, 4) is 11.1 Å². The number of fused-ring (bicyclic) bond motifs is 2. The highest BCUT2D eigenvalue weighted by Gasteiger charge is 2.21. The average molecular weight is 479 g/mol. The molecule has 0 spiro atoms. The molecule has 3 aromatic rings. The summed E-state index contributed by atoms with van der Waals surface area (Å²) >= 11 is 0. The molecule has 0 saturated carbocycles. The number of pyridine rings is 2. The average Bonchev–Trinajstić information content (AvgIpc) is 2.83. The van der Waals surface area contributed by atoms with E-state index >= 15 is 4.39 Å². The lowest BCUT2D eigenvalue weighted by Gasteiger charge is -2.22. The van der Waals surface area contributed by atoms with Crippen LogP contribution in [0.1, 0.15) is 43.4 Å². The number of benzene rings is 1. The number of hydrogen-bond donors (Lipinski definition) is 4. The van der Waals surface area contributed by atoms with Gasteiger partial charge in [0.1, 0.15) is 5.82 Å². The second-order valence-electron chi connectivity index (χ2n) is 9.28. The quantitative estimate of drug-likeness (QED) is 0.404. The summed E-state index contributed by atoms with van der Waals surface area (Å²) in [4.78, 5) is 21.5. The highest BCUT2D eigenvalue weighted by atomic mass is 19.1. The predicted molar refractivity (Wildman–Crippen MR) is 136 cm³/mol. The van der Waals surface area contributed by atoms with Gasteiger partial charge < -0.3 is 21.1 Å². The van der Waals surface area contributed by atoms with Gasteiger partial charge in [0.05, 0.1) is 17.1 Å². The second kappa shape index (κ2) is 10.0. The van der Waals surface area contributed by atoms with Crippen LogP contribution >= 0.6 is 0 Å². The molecule has 9 heteroatoms. The fraction of sp³-hybridized carbons (Fsp3) is 0.423. The van der Waals surface area contributed by atoms with E-state index in [-0.39, 0.29) is 17.8 Å². The minimum Gasteiger partial charge on any atom is -0.396 e. The van der Waals surface area contributed by atoms with Gasteiger partial charge in [-0.3, -0.25) is 10.3 Å². The molecule has 2 aliphatic rings. The molecule has 1 aromatic carbocycles. The predicted octanol–water partition coefficient (Wildman–Crippen LogP) is 4.77. The summed E-state index contributed by atoms with van der Waals surface area (Å²) in [5.41, 5.74) is 10.2. The van der Waals surface area contributed by atoms with Crippen molar-refractivity contribution in [3.63, 3.8) is 0 Å². The number of nitrogens with zero attached hydrogens (tertiary/aromatic N) is 2. The lowest BCUT2D eigenvalue weighted by Crippen LogP contribution is -2.39. The Bertz CT molecular complexity index is 1260. The lowest BCUT2D eigenvalue weighted by molar-refractivity contribution is 0.110. The molecule has 35 heavy (non-hydrogen) atoms. The number of nitrogens with one attached hydrogen (secondary N) is 3. The topological polar surface area (TPSA) is 114 Å². The van der Waals surface area contributed by atoms with E-state index in [4.69, 9.17) is 10.5 Å². The van der Waals surface area contributed by atoms with E-state index in [0.717, 1.165) is 75.2 Å². The molecule has 1 saturated heterocycles. The number of carbonyl (C=O) groups excluding carboxylic acids is 1. The summed E-state index contributed by atoms with van der Waals surface area (Å²) in [5.74, 6) is -0.116. The first-order valence-electron chi connectivity index (χ1n) is 12.3. The minimum absolute atomic E-state index is 0.0304. The number of carbonyl (C=O) groups is 1. The summed E-state index contributed by atoms with van der Waals surface area (Å²) in [6, 6.07) is 3.27. The van der Waals surface area contributed by atoms with E-state index < -0.39 is 5.82 Å². The summed E-state index contributed by atoms with van der Waals surface area (Å²) in [6.07, 6.45) is 8.74. The molecule has 5 N–H and O–H groups in total. The van der Waals surface area contributed by atoms with Gasteiger partial charge in [0.15, 0.2) is 5.82 Å². The van der Waals surface area contributed by atoms with Crippen molar-refractivity contribution in [2.24, 2.45) is 0 Å². The van der Waals surface area contributed by atoms with Crippen molar-refractivity contribution in [1.29, 1.82) is 0 Å². The molecule has 0 aliphatic carbocycles. The van der Waals surface area contributed by atoms with Gasteiger partial charge in [0, 0.05) is 54.7 Å². The highest BCUT2D eigenvalue weighted by Crippen LogP contribution is 2.38. The van der Waals surface area contributed by atoms with E-state index in [2.05, 4.69) is 25.9 Å². The monoisotopic (exact) mass is 478 g/mol. The van der Waals surface area contributed by atoms with Crippen LogP contribution < -0.4 is 21.7 Å². The van der Waals surface area contributed by atoms with Crippen molar-refractivity contribution in [3.05, 3.63) is 41.6 Å². The fourth-order valence-electron chi connectivity index (χ4n) is 4.97. The maximum Gasteiger partial charge on any atom is 0.320 e. The van der Waals surface area contributed by atoms with Gasteiger partial charge in [-0.25, -0.2) is 14.2 Å². The maximum absolute atomic E-state index is 15.4. The van der Waals surface area contributed by atoms with Crippen LogP contribution in [-0.2, 0) is 11.2 Å². The zero-order valence-electron chi connectivity index (χ0n) is 19.9. The number of amides is 2. The molecular formula is C26H31FN6O2. The van der Waals surface area contributed by atoms with Crippen LogP contribution in [0.15, 0.2) is 24.5 Å². The number of halogens is 1. The van der Waals surface area contributed by atoms with E-state index in [1.165, 1.54) is 6.20 Å². The van der Waals surface area contributed by atoms with E-state index in [0.29, 0.717) is 27.7 Å². The standard InChI is InChI=1S/C26H31FN6O2/c1-15-19(13-30-21-7-2-8-29-25(15)21)18-11-16-12-22(31-14-20(16)24(28)23(18)27)33-26(34)32-17-5-3-9-35-10-4-6-17/h11-14,17,29H,2-10,28H2,1H3,(H2,31,32,33,34). The Morgan fingerprint density at radius 1 is 1.14 bits per heavy atom. The minimum atomic E-state index is -0.494. The van der Waals surface area contributed by atoms with Gasteiger partial charge >= 0.3 is 6.03 Å². The molecule has 8 nitrogen and oxygen atoms in total. The molecule has 0 unspecified atom stereocenters. The van der Waals surface area contributed by atoms with Crippen molar-refractivity contribution in [2.45, 2.75) is 51.5 Å². The molecule has 2 aromatic heterocycles. The van der Waals surface area contributed by atoms with Gasteiger partial charge in [-0.15, -0.1) is 0 Å². The number of ether oxygens (including phenoxy) is 1. The Balaban J connectivity index is 1.42. The zero-order valence-corrected chi connectivity index (χ0v) is 19.9. The molecule has 4 heterocycles. The third kappa shape index (κ3) is 4.86. The normalized spacial score (nSPS) is 16.6. The Labute approximate surface area is 203 Å². The third-order valence-electron chi connectivity index (χ3n) is 6.86. The molecule has 0 bridgehead atoms. The largest absolute Gasteiger partial charge is 0.396 e. The molecule has 0 atom stereocenters. The van der Waals surface area contributed by atoms with E-state index in [1.54, 1.807) is 18.3 Å². The van der Waals surface area contributed by atoms with Crippen molar-refractivity contribution in [2.75, 3.05) is 36.1 Å². The molecule has 184 valence electrons. The number of rotatable bonds is 3. The molecule has 5 rings (SSSR count). The van der Waals surface area contributed by atoms with Gasteiger partial charge in [0.2, 0.25) is 0 Å². The van der Waals surface area contributed by atoms with Crippen LogP contribution in [-0.4, -0.2) is 41.8 Å². The zero-order chi connectivity index (χ0) is 24.4. The first-order chi connectivity index (χ1) is 17.0. The van der Waals surface area contributed by atoms with Crippen molar-refractivity contribution < 1.29 is 13.9 Å². The van der Waals surface area contributed by atoms with Crippen LogP contribution in [0.5, 0.6) is 0 Å². The first-order valence-corrected chi connectivity index (χ1v) is 12.3. The van der Waals surface area contributed by atoms with Crippen LogP contribution in [0.25, 0.3) is 21.9 Å². The highest BCUT2D eigenvalue weighted by molar-refractivity contribution is 5.99. The number of aryl methyl sites for hydroxylation is 1. The Hall–Kier alpha value is -3.46. The maximum atomic E-state index is 15.4. The summed E-state index contributed by atoms with van der Waals surface area (Å²) in [7, 11) is 0. The fourth-order valence-corrected chi connectivity index (χ4v) is 4.97. The molecule has 2 aliphatic heterocycles. The van der Waals surface area contributed by atoms with Crippen LogP contribution in [0.3, 0.4) is 0 Å². The van der Waals surface area contributed by atoms with Gasteiger partial charge in [-0.1, -0.05) is 0 Å². The molecule has 2 amide bonds. The molecule has 1 fully saturated rings. The summed E-state index contributed by atoms with van der Waals surface area (Å²) in [6.45, 7) is 4.29. The first kappa shape index (κ1) is 23.3. The Morgan fingerprint density at radius 2 is 1.94 bits per heavy atom. The number of nitrogen functional groups attached to an aromatic ring is 1. The van der Waals surface area contributed by atoms with Gasteiger partial charge in [0.25, 0.3) is 0 Å². The van der Waals surface area contributed by atoms with Gasteiger partial charge in [-0.05, 0) is 68.5 Å². The number of nitrogens with two attached hydrogens (primary N) is 1. The lowest BCUT2D eigenvalue weighted by atomic mass is 9.95. The van der Waals surface area contributed by atoms with Crippen molar-refractivity contribution >= 4 is 34.0 Å². The molecule has 0 radical (unpaired) electrons. The van der Waals surface area contributed by atoms with E-state index in [9.17, 15) is 4.79 Å². The number of urea groups is 1. The number of anilines is 3. The van der Waals surface area contributed by atoms with Gasteiger partial charge in [-0.2, -0.15) is 0 Å². The van der Waals surface area contributed by atoms with Crippen LogP contribution in [0, 0.1) is 12.7 Å². The smallest absolute Gasteiger partial charge is 0.320 e. The number of hydrogen-bond acceptors (Lipinski definition) is 6. The molecular weight excluding hydrogens is 447 g/mol. The third-order valence-corrected chi connectivity index (χ3v) is 6.86. The summed E-state index contributed by atoms with van der Waals surface area (Å²) < 4.78 is 20.8. The van der Waals surface area contributed by atoms with Crippen LogP contribution in [0.4, 0.5) is 26.4 Å². The Kier molecular flexibility index (Phi) is 6.68. The van der Waals surface area contributed by atoms with Crippen LogP contribution in [0.2, 0.25) is 0 Å². The van der Waals surface area contributed by atoms with Crippen molar-refractivity contribution in [1.82, 2.24) is 15.3 Å². The summed E-state index contributed by atoms with van der Waals surface area (Å²) in [5, 5.41) is 10.4. The second-order valence-corrected chi connectivity index (χ2v) is 9.28. The van der Waals surface area contributed by atoms with E-state index in [1.807, 2.05) is 6.92 Å². The Morgan fingerprint density at radius 3 is 2.74 bits per heavy atom. The SMILES string of the molecule is Cc1c(-c2cc3cc(NC(=O)NC4CCCOCCC4)ncc3c(N)c2F)cnc2c1NCCC2. The number of aromatic nitrogens is 2.